The molecule has 202 valence electrons. The highest BCUT2D eigenvalue weighted by molar-refractivity contribution is 7.90. The van der Waals surface area contributed by atoms with E-state index in [1.165, 1.54) is 31.5 Å². The van der Waals surface area contributed by atoms with Gasteiger partial charge in [-0.3, -0.25) is 19.1 Å². The van der Waals surface area contributed by atoms with Gasteiger partial charge in [-0.15, -0.1) is 0 Å². The molecule has 39 heavy (non-hydrogen) atoms. The lowest BCUT2D eigenvalue weighted by Gasteiger charge is -2.18. The van der Waals surface area contributed by atoms with Crippen molar-refractivity contribution in [3.05, 3.63) is 107 Å². The highest BCUT2D eigenvalue weighted by Gasteiger charge is 2.43. The van der Waals surface area contributed by atoms with E-state index in [-0.39, 0.29) is 39.2 Å². The standard InChI is InChI=1S/C27H21Cl2F2N3O4S/c1-12-10-32-24(15-5-4-6-20(22(15)30)39(3,37)38)23(31)25(12)34-13(2)7-18(21(29)27(34)36)16-9-17(16)19-8-14(28)11-33-26(19)35/h4-8,10-11,16-17H,9H2,1-3H3,(H,33,35)/t16-,17?/m1/s1. The average Bonchev–Trinajstić information content (AvgIpc) is 3.65. The number of H-pyrrole nitrogens is 1. The lowest BCUT2D eigenvalue weighted by atomic mass is 10.0. The third kappa shape index (κ3) is 4.70. The minimum absolute atomic E-state index is 0.131. The number of hydrogen-bond donors (Lipinski definition) is 1. The van der Waals surface area contributed by atoms with Crippen molar-refractivity contribution in [2.24, 2.45) is 0 Å². The van der Waals surface area contributed by atoms with Crippen LogP contribution in [0.2, 0.25) is 10.0 Å². The molecule has 0 aliphatic heterocycles. The Bertz CT molecular complexity index is 1900. The average molecular weight is 592 g/mol. The number of benzene rings is 1. The lowest BCUT2D eigenvalue weighted by Crippen LogP contribution is -2.24. The molecule has 0 bridgehead atoms. The molecular formula is C27H21Cl2F2N3O4S. The van der Waals surface area contributed by atoms with Crippen LogP contribution >= 0.6 is 23.2 Å². The highest BCUT2D eigenvalue weighted by Crippen LogP contribution is 2.55. The van der Waals surface area contributed by atoms with E-state index in [1.54, 1.807) is 19.1 Å². The van der Waals surface area contributed by atoms with Crippen molar-refractivity contribution in [2.45, 2.75) is 37.0 Å². The molecular weight excluding hydrogens is 571 g/mol. The Morgan fingerprint density at radius 3 is 2.44 bits per heavy atom. The fourth-order valence-electron chi connectivity index (χ4n) is 4.92. The van der Waals surface area contributed by atoms with Gasteiger partial charge in [-0.2, -0.15) is 0 Å². The molecule has 1 aliphatic rings. The maximum atomic E-state index is 16.0. The van der Waals surface area contributed by atoms with Crippen LogP contribution in [0.4, 0.5) is 8.78 Å². The molecule has 1 aromatic carbocycles. The first-order valence-electron chi connectivity index (χ1n) is 11.8. The summed E-state index contributed by atoms with van der Waals surface area (Å²) in [5.41, 5.74) is -0.314. The van der Waals surface area contributed by atoms with Gasteiger partial charge in [0.15, 0.2) is 21.5 Å². The summed E-state index contributed by atoms with van der Waals surface area (Å²) in [4.78, 5) is 31.8. The Kier molecular flexibility index (Phi) is 6.77. The van der Waals surface area contributed by atoms with E-state index in [0.29, 0.717) is 28.3 Å². The summed E-state index contributed by atoms with van der Waals surface area (Å²) in [6.45, 7) is 3.14. The number of hydrogen-bond acceptors (Lipinski definition) is 5. The van der Waals surface area contributed by atoms with E-state index in [1.807, 2.05) is 0 Å². The molecule has 4 aromatic rings. The third-order valence-electron chi connectivity index (χ3n) is 6.87. The maximum absolute atomic E-state index is 16.0. The van der Waals surface area contributed by atoms with Crippen LogP contribution in [0, 0.1) is 25.5 Å². The Labute approximate surface area is 232 Å². The van der Waals surface area contributed by atoms with Gasteiger partial charge in [0.25, 0.3) is 11.1 Å². The van der Waals surface area contributed by atoms with E-state index in [4.69, 9.17) is 23.2 Å². The van der Waals surface area contributed by atoms with Crippen molar-refractivity contribution < 1.29 is 17.2 Å². The molecule has 3 heterocycles. The first-order valence-corrected chi connectivity index (χ1v) is 14.4. The molecule has 0 amide bonds. The van der Waals surface area contributed by atoms with Crippen molar-refractivity contribution in [2.75, 3.05) is 6.26 Å². The monoisotopic (exact) mass is 591 g/mol. The van der Waals surface area contributed by atoms with Crippen LogP contribution in [0.3, 0.4) is 0 Å². The largest absolute Gasteiger partial charge is 0.327 e. The first-order chi connectivity index (χ1) is 18.3. The first kappa shape index (κ1) is 27.2. The quantitative estimate of drug-likeness (QED) is 0.332. The van der Waals surface area contributed by atoms with Gasteiger partial charge in [0, 0.05) is 35.5 Å². The van der Waals surface area contributed by atoms with Crippen molar-refractivity contribution in [1.82, 2.24) is 14.5 Å². The molecule has 1 aliphatic carbocycles. The summed E-state index contributed by atoms with van der Waals surface area (Å²) in [6, 6.07) is 6.83. The fraction of sp³-hybridized carbons (Fsp3) is 0.222. The summed E-state index contributed by atoms with van der Waals surface area (Å²) >= 11 is 12.6. The molecule has 1 saturated carbocycles. The number of nitrogens with zero attached hydrogens (tertiary/aromatic N) is 2. The second-order valence-electron chi connectivity index (χ2n) is 9.59. The van der Waals surface area contributed by atoms with E-state index < -0.39 is 37.6 Å². The summed E-state index contributed by atoms with van der Waals surface area (Å²) in [6.07, 6.45) is 4.09. The second-order valence-corrected chi connectivity index (χ2v) is 12.4. The minimum atomic E-state index is -3.93. The molecule has 0 saturated heterocycles. The van der Waals surface area contributed by atoms with Crippen LogP contribution in [0.15, 0.2) is 57.2 Å². The second kappa shape index (κ2) is 9.69. The van der Waals surface area contributed by atoms with Crippen LogP contribution in [-0.2, 0) is 9.84 Å². The molecule has 2 atom stereocenters. The number of aromatic amines is 1. The van der Waals surface area contributed by atoms with Gasteiger partial charge < -0.3 is 4.98 Å². The lowest BCUT2D eigenvalue weighted by molar-refractivity contribution is 0.569. The van der Waals surface area contributed by atoms with Gasteiger partial charge in [-0.05, 0) is 67.5 Å². The summed E-state index contributed by atoms with van der Waals surface area (Å²) in [7, 11) is -3.93. The highest BCUT2D eigenvalue weighted by atomic mass is 35.5. The van der Waals surface area contributed by atoms with Crippen LogP contribution < -0.4 is 11.1 Å². The van der Waals surface area contributed by atoms with Gasteiger partial charge in [-0.25, -0.2) is 17.2 Å². The minimum Gasteiger partial charge on any atom is -0.327 e. The number of aryl methyl sites for hydroxylation is 2. The molecule has 7 nitrogen and oxygen atoms in total. The summed E-state index contributed by atoms with van der Waals surface area (Å²) in [5, 5.41) is 0.250. The number of halogens is 4. The molecule has 1 N–H and O–H groups in total. The van der Waals surface area contributed by atoms with Gasteiger partial charge in [0.1, 0.15) is 15.6 Å². The molecule has 5 rings (SSSR count). The van der Waals surface area contributed by atoms with Crippen molar-refractivity contribution in [3.63, 3.8) is 0 Å². The Balaban J connectivity index is 1.63. The van der Waals surface area contributed by atoms with E-state index >= 15 is 8.78 Å². The summed E-state index contributed by atoms with van der Waals surface area (Å²) in [5.74, 6) is -2.54. The van der Waals surface area contributed by atoms with Gasteiger partial charge >= 0.3 is 0 Å². The smallest absolute Gasteiger partial charge is 0.274 e. The predicted octanol–water partition coefficient (Wildman–Crippen LogP) is 5.46. The van der Waals surface area contributed by atoms with Gasteiger partial charge in [-0.1, -0.05) is 29.3 Å². The zero-order valence-corrected chi connectivity index (χ0v) is 23.2. The van der Waals surface area contributed by atoms with Crippen molar-refractivity contribution in [1.29, 1.82) is 0 Å². The van der Waals surface area contributed by atoms with E-state index in [0.717, 1.165) is 16.9 Å². The zero-order valence-electron chi connectivity index (χ0n) is 20.9. The molecule has 0 radical (unpaired) electrons. The molecule has 3 aromatic heterocycles. The third-order valence-corrected chi connectivity index (χ3v) is 8.58. The number of pyridine rings is 3. The van der Waals surface area contributed by atoms with Crippen LogP contribution in [0.25, 0.3) is 16.9 Å². The topological polar surface area (TPSA) is 102 Å². The molecule has 12 heteroatoms. The van der Waals surface area contributed by atoms with Gasteiger partial charge in [0.2, 0.25) is 0 Å². The van der Waals surface area contributed by atoms with Crippen molar-refractivity contribution in [3.8, 4) is 16.9 Å². The van der Waals surface area contributed by atoms with E-state index in [2.05, 4.69) is 9.97 Å². The molecule has 1 fully saturated rings. The normalized spacial score (nSPS) is 16.9. The number of nitrogens with one attached hydrogen (secondary N) is 1. The number of rotatable bonds is 5. The maximum Gasteiger partial charge on any atom is 0.274 e. The van der Waals surface area contributed by atoms with Crippen molar-refractivity contribution >= 4 is 33.0 Å². The molecule has 0 spiro atoms. The predicted molar refractivity (Wildman–Crippen MR) is 145 cm³/mol. The van der Waals surface area contributed by atoms with Crippen LogP contribution in [-0.4, -0.2) is 29.2 Å². The zero-order chi connectivity index (χ0) is 28.4. The number of sulfone groups is 1. The SMILES string of the molecule is Cc1cnc(-c2cccc(S(C)(=O)=O)c2F)c(F)c1-n1c(C)cc([C@@H]2CC2c2cc(Cl)c[nH]c2=O)c(Cl)c1=O. The Morgan fingerprint density at radius 1 is 1.05 bits per heavy atom. The summed E-state index contributed by atoms with van der Waals surface area (Å²) < 4.78 is 56.2. The molecule has 1 unspecified atom stereocenters. The van der Waals surface area contributed by atoms with Crippen LogP contribution in [0.5, 0.6) is 0 Å². The fourth-order valence-corrected chi connectivity index (χ4v) is 6.13. The Morgan fingerprint density at radius 2 is 1.74 bits per heavy atom. The van der Waals surface area contributed by atoms with Gasteiger partial charge in [0.05, 0.1) is 10.7 Å². The van der Waals surface area contributed by atoms with E-state index in [9.17, 15) is 18.0 Å². The number of aromatic nitrogens is 3. The van der Waals surface area contributed by atoms with Crippen LogP contribution in [0.1, 0.15) is 40.6 Å². The Hall–Kier alpha value is -3.34.